The fraction of sp³-hybridized carbons (Fsp3) is 0.600. The van der Waals surface area contributed by atoms with Crippen molar-refractivity contribution >= 4 is 23.2 Å². The number of ether oxygens (including phenoxy) is 1. The van der Waals surface area contributed by atoms with Crippen molar-refractivity contribution in [2.75, 3.05) is 0 Å². The molecule has 0 unspecified atom stereocenters. The lowest BCUT2D eigenvalue weighted by Crippen LogP contribution is -2.40. The Hall–Kier alpha value is -1.36. The highest BCUT2D eigenvalue weighted by atomic mass is 32.1. The molecule has 1 atom stereocenters. The number of amides is 1. The fourth-order valence-electron chi connectivity index (χ4n) is 2.50. The first kappa shape index (κ1) is 15.0. The number of esters is 1. The van der Waals surface area contributed by atoms with Gasteiger partial charge in [-0.3, -0.25) is 4.79 Å². The highest BCUT2D eigenvalue weighted by Crippen LogP contribution is 2.22. The Morgan fingerprint density at radius 3 is 2.55 bits per heavy atom. The average Bonchev–Trinajstić information content (AvgIpc) is 2.98. The van der Waals surface area contributed by atoms with Gasteiger partial charge >= 0.3 is 5.97 Å². The van der Waals surface area contributed by atoms with Crippen LogP contribution in [0.25, 0.3) is 0 Å². The zero-order chi connectivity index (χ0) is 14.7. The van der Waals surface area contributed by atoms with Crippen LogP contribution in [0.1, 0.15) is 52.7 Å². The molecule has 1 aromatic rings. The molecule has 0 saturated heterocycles. The van der Waals surface area contributed by atoms with Gasteiger partial charge in [-0.15, -0.1) is 11.3 Å². The molecule has 2 rings (SSSR count). The summed E-state index contributed by atoms with van der Waals surface area (Å²) in [7, 11) is 0. The van der Waals surface area contributed by atoms with E-state index in [1.807, 2.05) is 19.9 Å². The van der Waals surface area contributed by atoms with Gasteiger partial charge < -0.3 is 10.1 Å². The number of carbonyl (C=O) groups excluding carboxylic acids is 2. The van der Waals surface area contributed by atoms with Crippen molar-refractivity contribution in [3.8, 4) is 0 Å². The van der Waals surface area contributed by atoms with E-state index in [-0.39, 0.29) is 11.9 Å². The topological polar surface area (TPSA) is 55.4 Å². The molecule has 1 amide bonds. The quantitative estimate of drug-likeness (QED) is 0.869. The lowest BCUT2D eigenvalue weighted by molar-refractivity contribution is -0.129. The maximum Gasteiger partial charge on any atom is 0.340 e. The van der Waals surface area contributed by atoms with Crippen molar-refractivity contribution in [1.82, 2.24) is 5.32 Å². The van der Waals surface area contributed by atoms with Crippen molar-refractivity contribution in [3.63, 3.8) is 0 Å². The van der Waals surface area contributed by atoms with Gasteiger partial charge in [-0.1, -0.05) is 12.8 Å². The molecular weight excluding hydrogens is 274 g/mol. The first-order valence-corrected chi connectivity index (χ1v) is 7.87. The summed E-state index contributed by atoms with van der Waals surface area (Å²) in [6, 6.07) is 2.05. The summed E-state index contributed by atoms with van der Waals surface area (Å²) >= 11 is 1.56. The minimum Gasteiger partial charge on any atom is -0.449 e. The Labute approximate surface area is 123 Å². The van der Waals surface area contributed by atoms with Crippen LogP contribution in [-0.4, -0.2) is 24.0 Å². The van der Waals surface area contributed by atoms with E-state index in [2.05, 4.69) is 5.32 Å². The Kier molecular flexibility index (Phi) is 4.81. The molecule has 1 fully saturated rings. The molecule has 0 aromatic carbocycles. The molecular formula is C15H21NO3S. The lowest BCUT2D eigenvalue weighted by atomic mass is 10.2. The Morgan fingerprint density at radius 2 is 2.00 bits per heavy atom. The van der Waals surface area contributed by atoms with Crippen molar-refractivity contribution < 1.29 is 14.3 Å². The third-order valence-electron chi connectivity index (χ3n) is 3.62. The van der Waals surface area contributed by atoms with Gasteiger partial charge in [-0.05, 0) is 39.7 Å². The van der Waals surface area contributed by atoms with Crippen molar-refractivity contribution in [2.45, 2.75) is 58.6 Å². The van der Waals surface area contributed by atoms with E-state index >= 15 is 0 Å². The summed E-state index contributed by atoms with van der Waals surface area (Å²) in [5.41, 5.74) is 0.563. The van der Waals surface area contributed by atoms with Crippen molar-refractivity contribution in [3.05, 3.63) is 21.4 Å². The second-order valence-electron chi connectivity index (χ2n) is 5.36. The van der Waals surface area contributed by atoms with Gasteiger partial charge in [0.05, 0.1) is 5.56 Å². The molecule has 0 aliphatic heterocycles. The highest BCUT2D eigenvalue weighted by molar-refractivity contribution is 7.12. The van der Waals surface area contributed by atoms with E-state index in [0.29, 0.717) is 5.56 Å². The summed E-state index contributed by atoms with van der Waals surface area (Å²) < 4.78 is 5.26. The molecule has 1 aromatic heterocycles. The number of hydrogen-bond acceptors (Lipinski definition) is 4. The number of carbonyl (C=O) groups is 2. The fourth-order valence-corrected chi connectivity index (χ4v) is 3.41. The van der Waals surface area contributed by atoms with Gasteiger partial charge in [0, 0.05) is 15.8 Å². The van der Waals surface area contributed by atoms with Gasteiger partial charge in [0.2, 0.25) is 0 Å². The number of nitrogens with one attached hydrogen (secondary N) is 1. The van der Waals surface area contributed by atoms with Crippen LogP contribution >= 0.6 is 11.3 Å². The molecule has 4 nitrogen and oxygen atoms in total. The van der Waals surface area contributed by atoms with E-state index < -0.39 is 12.1 Å². The number of hydrogen-bond donors (Lipinski definition) is 1. The summed E-state index contributed by atoms with van der Waals surface area (Å²) in [6.07, 6.45) is 3.62. The molecule has 1 heterocycles. The maximum atomic E-state index is 12.0. The molecule has 1 saturated carbocycles. The Balaban J connectivity index is 1.89. The predicted octanol–water partition coefficient (Wildman–Crippen LogP) is 2.97. The van der Waals surface area contributed by atoms with Crippen LogP contribution < -0.4 is 5.32 Å². The molecule has 20 heavy (non-hydrogen) atoms. The number of thiophene rings is 1. The Morgan fingerprint density at radius 1 is 1.35 bits per heavy atom. The van der Waals surface area contributed by atoms with Crippen LogP contribution in [0.2, 0.25) is 0 Å². The molecule has 1 aliphatic carbocycles. The molecule has 0 spiro atoms. The first-order chi connectivity index (χ1) is 9.47. The number of aryl methyl sites for hydroxylation is 2. The third-order valence-corrected chi connectivity index (χ3v) is 4.58. The monoisotopic (exact) mass is 295 g/mol. The summed E-state index contributed by atoms with van der Waals surface area (Å²) in [5, 5.41) is 2.94. The summed E-state index contributed by atoms with van der Waals surface area (Å²) in [5.74, 6) is -0.615. The summed E-state index contributed by atoms with van der Waals surface area (Å²) in [6.45, 7) is 5.46. The van der Waals surface area contributed by atoms with Crippen molar-refractivity contribution in [2.24, 2.45) is 0 Å². The third kappa shape index (κ3) is 3.60. The van der Waals surface area contributed by atoms with E-state index in [9.17, 15) is 9.59 Å². The van der Waals surface area contributed by atoms with Crippen LogP contribution in [0.4, 0.5) is 0 Å². The normalized spacial score (nSPS) is 16.9. The van der Waals surface area contributed by atoms with Gasteiger partial charge in [0.25, 0.3) is 5.91 Å². The first-order valence-electron chi connectivity index (χ1n) is 7.05. The Bertz CT molecular complexity index is 503. The maximum absolute atomic E-state index is 12.0. The molecule has 110 valence electrons. The van der Waals surface area contributed by atoms with Crippen LogP contribution in [-0.2, 0) is 9.53 Å². The zero-order valence-electron chi connectivity index (χ0n) is 12.2. The second kappa shape index (κ2) is 6.39. The SMILES string of the molecule is Cc1cc(C(=O)O[C@H](C)C(=O)NC2CCCC2)c(C)s1. The van der Waals surface area contributed by atoms with Crippen LogP contribution in [0.15, 0.2) is 6.07 Å². The second-order valence-corrected chi connectivity index (χ2v) is 6.82. The largest absolute Gasteiger partial charge is 0.449 e. The van der Waals surface area contributed by atoms with Crippen molar-refractivity contribution in [1.29, 1.82) is 0 Å². The predicted molar refractivity (Wildman–Crippen MR) is 79.1 cm³/mol. The molecule has 5 heteroatoms. The summed E-state index contributed by atoms with van der Waals surface area (Å²) in [4.78, 5) is 26.0. The van der Waals surface area contributed by atoms with E-state index in [1.165, 1.54) is 0 Å². The van der Waals surface area contributed by atoms with Crippen LogP contribution in [0.5, 0.6) is 0 Å². The van der Waals surface area contributed by atoms with Gasteiger partial charge in [0.15, 0.2) is 6.10 Å². The minimum atomic E-state index is -0.747. The van der Waals surface area contributed by atoms with E-state index in [4.69, 9.17) is 4.74 Å². The van der Waals surface area contributed by atoms with Crippen LogP contribution in [0.3, 0.4) is 0 Å². The lowest BCUT2D eigenvalue weighted by Gasteiger charge is -2.17. The minimum absolute atomic E-state index is 0.199. The average molecular weight is 295 g/mol. The van der Waals surface area contributed by atoms with Gasteiger partial charge in [-0.2, -0.15) is 0 Å². The van der Waals surface area contributed by atoms with E-state index in [0.717, 1.165) is 35.4 Å². The molecule has 1 N–H and O–H groups in total. The smallest absolute Gasteiger partial charge is 0.340 e. The zero-order valence-corrected chi connectivity index (χ0v) is 13.0. The number of rotatable bonds is 4. The highest BCUT2D eigenvalue weighted by Gasteiger charge is 2.24. The van der Waals surface area contributed by atoms with Crippen LogP contribution in [0, 0.1) is 13.8 Å². The van der Waals surface area contributed by atoms with Gasteiger partial charge in [0.1, 0.15) is 0 Å². The molecule has 0 bridgehead atoms. The molecule has 1 aliphatic rings. The standard InChI is InChI=1S/C15H21NO3S/c1-9-8-13(11(3)20-9)15(18)19-10(2)14(17)16-12-6-4-5-7-12/h8,10,12H,4-7H2,1-3H3,(H,16,17)/t10-/m1/s1. The molecule has 0 radical (unpaired) electrons. The van der Waals surface area contributed by atoms with E-state index in [1.54, 1.807) is 18.3 Å². The van der Waals surface area contributed by atoms with Gasteiger partial charge in [-0.25, -0.2) is 4.79 Å².